The number of carbonyl (C=O) groups is 1. The fourth-order valence-electron chi connectivity index (χ4n) is 2.06. The monoisotopic (exact) mass is 286 g/mol. The van der Waals surface area contributed by atoms with E-state index in [-0.39, 0.29) is 16.8 Å². The Kier molecular flexibility index (Phi) is 3.68. The van der Waals surface area contributed by atoms with E-state index in [9.17, 15) is 9.59 Å². The lowest BCUT2D eigenvalue weighted by Gasteiger charge is -2.19. The van der Waals surface area contributed by atoms with Gasteiger partial charge in [-0.3, -0.25) is 4.79 Å². The molecule has 0 spiro atoms. The molecule has 0 aliphatic rings. The summed E-state index contributed by atoms with van der Waals surface area (Å²) < 4.78 is 1.10. The number of rotatable bonds is 2. The maximum Gasteiger partial charge on any atom is 0.354 e. The first-order chi connectivity index (χ1) is 9.71. The van der Waals surface area contributed by atoms with E-state index in [1.165, 1.54) is 13.2 Å². The molecule has 0 amide bonds. The summed E-state index contributed by atoms with van der Waals surface area (Å²) >= 11 is 0. The number of carboxylic acids is 1. The quantitative estimate of drug-likeness (QED) is 0.920. The van der Waals surface area contributed by atoms with Crippen molar-refractivity contribution in [2.24, 2.45) is 7.05 Å². The molecule has 0 saturated heterocycles. The fraction of sp³-hybridized carbons (Fsp3) is 0.312. The Morgan fingerprint density at radius 2 is 1.76 bits per heavy atom. The van der Waals surface area contributed by atoms with Crippen molar-refractivity contribution in [3.63, 3.8) is 0 Å². The highest BCUT2D eigenvalue weighted by Crippen LogP contribution is 2.24. The van der Waals surface area contributed by atoms with Gasteiger partial charge in [0.1, 0.15) is 11.4 Å². The number of nitrogens with zero attached hydrogens (tertiary/aromatic N) is 2. The first-order valence-electron chi connectivity index (χ1n) is 6.62. The Morgan fingerprint density at radius 3 is 2.24 bits per heavy atom. The Bertz CT molecular complexity index is 738. The molecule has 2 aromatic rings. The van der Waals surface area contributed by atoms with Crippen LogP contribution in [0, 0.1) is 0 Å². The maximum absolute atomic E-state index is 12.2. The van der Waals surface area contributed by atoms with Crippen LogP contribution in [0.1, 0.15) is 36.8 Å². The van der Waals surface area contributed by atoms with E-state index < -0.39 is 11.5 Å². The molecule has 2 rings (SSSR count). The van der Waals surface area contributed by atoms with E-state index in [1.807, 2.05) is 24.3 Å². The summed E-state index contributed by atoms with van der Waals surface area (Å²) in [6, 6.07) is 7.60. The van der Waals surface area contributed by atoms with Crippen LogP contribution in [0.4, 0.5) is 0 Å². The second kappa shape index (κ2) is 5.16. The third kappa shape index (κ3) is 2.86. The molecule has 0 radical (unpaired) electrons. The SMILES string of the molecule is Cn1c(C(=O)O)cnc(-c2ccc(C(C)(C)C)cc2)c1=O. The highest BCUT2D eigenvalue weighted by molar-refractivity contribution is 5.85. The van der Waals surface area contributed by atoms with Crippen LogP contribution in [0.3, 0.4) is 0 Å². The van der Waals surface area contributed by atoms with E-state index in [0.29, 0.717) is 5.56 Å². The molecule has 1 aromatic carbocycles. The molecule has 5 nitrogen and oxygen atoms in total. The van der Waals surface area contributed by atoms with Gasteiger partial charge in [0.25, 0.3) is 5.56 Å². The molecular formula is C16H18N2O3. The Hall–Kier alpha value is -2.43. The number of aromatic nitrogens is 2. The van der Waals surface area contributed by atoms with E-state index in [4.69, 9.17) is 5.11 Å². The summed E-state index contributed by atoms with van der Waals surface area (Å²) in [7, 11) is 1.43. The van der Waals surface area contributed by atoms with Crippen LogP contribution in [0.2, 0.25) is 0 Å². The van der Waals surface area contributed by atoms with Crippen molar-refractivity contribution in [3.05, 3.63) is 52.1 Å². The molecule has 0 fully saturated rings. The number of aromatic carboxylic acids is 1. The number of hydrogen-bond acceptors (Lipinski definition) is 3. The summed E-state index contributed by atoms with van der Waals surface area (Å²) in [5, 5.41) is 8.98. The minimum atomic E-state index is -1.17. The molecule has 1 aromatic heterocycles. The molecule has 0 atom stereocenters. The molecule has 110 valence electrons. The summed E-state index contributed by atoms with van der Waals surface area (Å²) in [6.45, 7) is 6.34. The van der Waals surface area contributed by atoms with Crippen molar-refractivity contribution in [3.8, 4) is 11.3 Å². The molecule has 21 heavy (non-hydrogen) atoms. The van der Waals surface area contributed by atoms with Crippen molar-refractivity contribution in [2.45, 2.75) is 26.2 Å². The van der Waals surface area contributed by atoms with Crippen LogP contribution in [0.5, 0.6) is 0 Å². The predicted molar refractivity (Wildman–Crippen MR) is 80.6 cm³/mol. The van der Waals surface area contributed by atoms with Crippen LogP contribution < -0.4 is 5.56 Å². The third-order valence-electron chi connectivity index (χ3n) is 3.43. The topological polar surface area (TPSA) is 72.2 Å². The van der Waals surface area contributed by atoms with E-state index >= 15 is 0 Å². The van der Waals surface area contributed by atoms with Crippen LogP contribution in [-0.4, -0.2) is 20.6 Å². The summed E-state index contributed by atoms with van der Waals surface area (Å²) in [5.41, 5.74) is 1.58. The average molecular weight is 286 g/mol. The largest absolute Gasteiger partial charge is 0.477 e. The van der Waals surface area contributed by atoms with Crippen LogP contribution in [0.15, 0.2) is 35.3 Å². The molecule has 0 bridgehead atoms. The second-order valence-electron chi connectivity index (χ2n) is 5.99. The van der Waals surface area contributed by atoms with Gasteiger partial charge in [0.05, 0.1) is 6.20 Å². The first kappa shape index (κ1) is 15.0. The van der Waals surface area contributed by atoms with E-state index in [2.05, 4.69) is 25.8 Å². The minimum absolute atomic E-state index is 0.0318. The molecule has 1 heterocycles. The average Bonchev–Trinajstić information content (AvgIpc) is 2.40. The molecule has 0 aliphatic carbocycles. The normalized spacial score (nSPS) is 11.4. The Morgan fingerprint density at radius 1 is 1.19 bits per heavy atom. The molecule has 5 heteroatoms. The smallest absolute Gasteiger partial charge is 0.354 e. The first-order valence-corrected chi connectivity index (χ1v) is 6.62. The third-order valence-corrected chi connectivity index (χ3v) is 3.43. The van der Waals surface area contributed by atoms with Crippen molar-refractivity contribution in [1.29, 1.82) is 0 Å². The van der Waals surface area contributed by atoms with Gasteiger partial charge in [-0.1, -0.05) is 45.0 Å². The number of carboxylic acid groups (broad SMARTS) is 1. The van der Waals surface area contributed by atoms with Gasteiger partial charge in [-0.25, -0.2) is 9.78 Å². The van der Waals surface area contributed by atoms with E-state index in [1.54, 1.807) is 0 Å². The zero-order chi connectivity index (χ0) is 15.8. The molecular weight excluding hydrogens is 268 g/mol. The van der Waals surface area contributed by atoms with Crippen LogP contribution in [-0.2, 0) is 12.5 Å². The van der Waals surface area contributed by atoms with Gasteiger partial charge >= 0.3 is 5.97 Å². The highest BCUT2D eigenvalue weighted by Gasteiger charge is 2.16. The minimum Gasteiger partial charge on any atom is -0.477 e. The zero-order valence-electron chi connectivity index (χ0n) is 12.5. The summed E-state index contributed by atoms with van der Waals surface area (Å²) in [5.74, 6) is -1.17. The van der Waals surface area contributed by atoms with Gasteiger partial charge < -0.3 is 9.67 Å². The second-order valence-corrected chi connectivity index (χ2v) is 5.99. The molecule has 1 N–H and O–H groups in total. The molecule has 0 aliphatic heterocycles. The number of hydrogen-bond donors (Lipinski definition) is 1. The van der Waals surface area contributed by atoms with Crippen LogP contribution >= 0.6 is 0 Å². The van der Waals surface area contributed by atoms with Gasteiger partial charge in [-0.2, -0.15) is 0 Å². The zero-order valence-corrected chi connectivity index (χ0v) is 12.5. The van der Waals surface area contributed by atoms with Crippen molar-refractivity contribution in [1.82, 2.24) is 9.55 Å². The Labute approximate surface area is 122 Å². The summed E-state index contributed by atoms with van der Waals surface area (Å²) in [6.07, 6.45) is 1.21. The van der Waals surface area contributed by atoms with E-state index in [0.717, 1.165) is 10.1 Å². The number of benzene rings is 1. The lowest BCUT2D eigenvalue weighted by molar-refractivity contribution is 0.0684. The van der Waals surface area contributed by atoms with Crippen LogP contribution in [0.25, 0.3) is 11.3 Å². The standard InChI is InChI=1S/C16H18N2O3/c1-16(2,3)11-7-5-10(6-8-11)13-14(19)18(4)12(9-17-13)15(20)21/h5-9H,1-4H3,(H,20,21). The Balaban J connectivity index is 2.51. The molecule has 0 unspecified atom stereocenters. The van der Waals surface area contributed by atoms with Crippen molar-refractivity contribution < 1.29 is 9.90 Å². The van der Waals surface area contributed by atoms with Gasteiger partial charge in [0.2, 0.25) is 0 Å². The van der Waals surface area contributed by atoms with Gasteiger partial charge in [-0.15, -0.1) is 0 Å². The lowest BCUT2D eigenvalue weighted by atomic mass is 9.86. The molecule has 0 saturated carbocycles. The summed E-state index contributed by atoms with van der Waals surface area (Å²) in [4.78, 5) is 27.2. The van der Waals surface area contributed by atoms with Gasteiger partial charge in [-0.05, 0) is 11.0 Å². The van der Waals surface area contributed by atoms with Crippen molar-refractivity contribution >= 4 is 5.97 Å². The van der Waals surface area contributed by atoms with Gasteiger partial charge in [0, 0.05) is 12.6 Å². The predicted octanol–water partition coefficient (Wildman–Crippen LogP) is 2.44. The fourth-order valence-corrected chi connectivity index (χ4v) is 2.06. The van der Waals surface area contributed by atoms with Gasteiger partial charge in [0.15, 0.2) is 0 Å². The maximum atomic E-state index is 12.2. The lowest BCUT2D eigenvalue weighted by Crippen LogP contribution is -2.25. The highest BCUT2D eigenvalue weighted by atomic mass is 16.4. The van der Waals surface area contributed by atoms with Crippen molar-refractivity contribution in [2.75, 3.05) is 0 Å².